The second kappa shape index (κ2) is 11.3. The van der Waals surface area contributed by atoms with E-state index in [0.29, 0.717) is 65.9 Å². The van der Waals surface area contributed by atoms with E-state index in [9.17, 15) is 9.59 Å². The molecule has 4 aliphatic heterocycles. The first-order chi connectivity index (χ1) is 20.0. The van der Waals surface area contributed by atoms with Gasteiger partial charge in [-0.05, 0) is 51.0 Å². The van der Waals surface area contributed by atoms with E-state index < -0.39 is 12.1 Å². The Morgan fingerprint density at radius 3 is 2.49 bits per heavy atom. The van der Waals surface area contributed by atoms with E-state index >= 15 is 0 Å². The van der Waals surface area contributed by atoms with Crippen molar-refractivity contribution in [3.8, 4) is 28.7 Å². The minimum Gasteiger partial charge on any atom is -0.493 e. The Bertz CT molecular complexity index is 1360. The smallest absolute Gasteiger partial charge is 0.343 e. The molecule has 1 N–H and O–H groups in total. The van der Waals surface area contributed by atoms with Gasteiger partial charge in [-0.1, -0.05) is 12.5 Å². The van der Waals surface area contributed by atoms with E-state index in [4.69, 9.17) is 28.4 Å². The summed E-state index contributed by atoms with van der Waals surface area (Å²) in [6.07, 6.45) is 3.54. The molecular formula is C30H37N3O8. The average Bonchev–Trinajstić information content (AvgIpc) is 3.60. The summed E-state index contributed by atoms with van der Waals surface area (Å²) < 4.78 is 34.9. The maximum absolute atomic E-state index is 13.2. The van der Waals surface area contributed by atoms with E-state index in [1.54, 1.807) is 13.2 Å². The van der Waals surface area contributed by atoms with Gasteiger partial charge in [-0.25, -0.2) is 4.79 Å². The number of ether oxygens (including phenoxy) is 6. The van der Waals surface area contributed by atoms with Crippen LogP contribution >= 0.6 is 0 Å². The molecule has 1 fully saturated rings. The van der Waals surface area contributed by atoms with Crippen LogP contribution in [0.3, 0.4) is 0 Å². The lowest BCUT2D eigenvalue weighted by molar-refractivity contribution is -0.122. The molecule has 2 aromatic carbocycles. The first-order valence-corrected chi connectivity index (χ1v) is 14.1. The van der Waals surface area contributed by atoms with Gasteiger partial charge in [0.1, 0.15) is 11.7 Å². The third-order valence-corrected chi connectivity index (χ3v) is 8.60. The average molecular weight is 568 g/mol. The lowest BCUT2D eigenvalue weighted by Crippen LogP contribution is -2.40. The summed E-state index contributed by atoms with van der Waals surface area (Å²) in [5.41, 5.74) is 3.83. The molecule has 11 heteroatoms. The number of carbonyl (C=O) groups excluding carboxylic acids is 2. The van der Waals surface area contributed by atoms with E-state index in [2.05, 4.69) is 15.1 Å². The normalized spacial score (nSPS) is 21.6. The lowest BCUT2D eigenvalue weighted by Gasteiger charge is -2.39. The zero-order valence-electron chi connectivity index (χ0n) is 24.0. The van der Waals surface area contributed by atoms with Gasteiger partial charge in [0.15, 0.2) is 23.0 Å². The van der Waals surface area contributed by atoms with Crippen LogP contribution in [-0.2, 0) is 22.5 Å². The molecule has 0 spiro atoms. The molecule has 0 bridgehead atoms. The molecule has 0 aromatic heterocycles. The highest BCUT2D eigenvalue weighted by Crippen LogP contribution is 2.56. The molecule has 1 saturated heterocycles. The topological polar surface area (TPSA) is 108 Å². The third-order valence-electron chi connectivity index (χ3n) is 8.60. The Morgan fingerprint density at radius 1 is 1.00 bits per heavy atom. The zero-order chi connectivity index (χ0) is 28.7. The van der Waals surface area contributed by atoms with Gasteiger partial charge >= 0.3 is 5.97 Å². The van der Waals surface area contributed by atoms with Crippen LogP contribution in [0.1, 0.15) is 64.0 Å². The quantitative estimate of drug-likeness (QED) is 0.479. The van der Waals surface area contributed by atoms with E-state index in [0.717, 1.165) is 42.6 Å². The summed E-state index contributed by atoms with van der Waals surface area (Å²) in [6.45, 7) is 3.33. The van der Waals surface area contributed by atoms with Crippen molar-refractivity contribution >= 4 is 11.9 Å². The van der Waals surface area contributed by atoms with Crippen molar-refractivity contribution in [1.29, 1.82) is 0 Å². The maximum atomic E-state index is 13.2. The molecule has 2 unspecified atom stereocenters. The van der Waals surface area contributed by atoms with Gasteiger partial charge in [0, 0.05) is 29.8 Å². The number of nitrogens with one attached hydrogen (secondary N) is 1. The summed E-state index contributed by atoms with van der Waals surface area (Å²) in [6, 6.07) is 3.26. The van der Waals surface area contributed by atoms with Crippen LogP contribution in [0, 0.1) is 0 Å². The molecule has 2 aromatic rings. The Hall–Kier alpha value is -3.70. The number of fused-ring (bicyclic) bond motifs is 3. The number of carbonyl (C=O) groups is 2. The van der Waals surface area contributed by atoms with Crippen molar-refractivity contribution in [3.05, 3.63) is 39.9 Å². The molecule has 1 amide bonds. The standard InChI is InChI=1S/C30H37N3O8/c1-32-13-10-17-19(14-31-21(34)15-33-11-6-5-7-12-33)26-29(40-16-39-26)28(38-4)22(17)24(32)25-18-8-9-20(36-2)27(37-3)23(18)30(35)41-25/h8-9,24-25H,5-7,10-16H2,1-4H3,(H,31,34). The van der Waals surface area contributed by atoms with Crippen LogP contribution in [0.5, 0.6) is 28.7 Å². The summed E-state index contributed by atoms with van der Waals surface area (Å²) in [4.78, 5) is 30.5. The van der Waals surface area contributed by atoms with Gasteiger partial charge in [0.05, 0.1) is 33.9 Å². The largest absolute Gasteiger partial charge is 0.493 e. The Morgan fingerprint density at radius 2 is 1.76 bits per heavy atom. The molecule has 6 rings (SSSR count). The second-order valence-corrected chi connectivity index (χ2v) is 10.8. The fourth-order valence-electron chi connectivity index (χ4n) is 6.67. The van der Waals surface area contributed by atoms with E-state index in [1.807, 2.05) is 13.1 Å². The van der Waals surface area contributed by atoms with Crippen molar-refractivity contribution in [1.82, 2.24) is 15.1 Å². The highest BCUT2D eigenvalue weighted by molar-refractivity contribution is 5.98. The summed E-state index contributed by atoms with van der Waals surface area (Å²) in [5, 5.41) is 3.12. The first kappa shape index (κ1) is 27.5. The Labute approximate surface area is 239 Å². The molecular weight excluding hydrogens is 530 g/mol. The molecule has 4 heterocycles. The summed E-state index contributed by atoms with van der Waals surface area (Å²) >= 11 is 0. The molecule has 220 valence electrons. The molecule has 0 aliphatic carbocycles. The number of amides is 1. The number of esters is 1. The van der Waals surface area contributed by atoms with Gasteiger partial charge < -0.3 is 33.7 Å². The number of benzene rings is 2. The van der Waals surface area contributed by atoms with E-state index in [1.165, 1.54) is 20.6 Å². The number of methoxy groups -OCH3 is 3. The molecule has 0 radical (unpaired) electrons. The third kappa shape index (κ3) is 4.70. The fraction of sp³-hybridized carbons (Fsp3) is 0.533. The van der Waals surface area contributed by atoms with Gasteiger partial charge in [0.2, 0.25) is 18.4 Å². The van der Waals surface area contributed by atoms with Crippen molar-refractivity contribution in [2.75, 3.05) is 61.3 Å². The zero-order valence-corrected chi connectivity index (χ0v) is 24.0. The molecule has 0 saturated carbocycles. The Balaban J connectivity index is 1.39. The minimum absolute atomic E-state index is 0.0201. The van der Waals surface area contributed by atoms with Crippen LogP contribution in [0.25, 0.3) is 0 Å². The predicted octanol–water partition coefficient (Wildman–Crippen LogP) is 2.98. The fourth-order valence-corrected chi connectivity index (χ4v) is 6.67. The van der Waals surface area contributed by atoms with Crippen LogP contribution in [0.15, 0.2) is 12.1 Å². The van der Waals surface area contributed by atoms with Crippen molar-refractivity contribution in [2.24, 2.45) is 0 Å². The van der Waals surface area contributed by atoms with Crippen LogP contribution in [0.2, 0.25) is 0 Å². The van der Waals surface area contributed by atoms with Crippen molar-refractivity contribution < 1.29 is 38.0 Å². The number of hydrogen-bond donors (Lipinski definition) is 1. The van der Waals surface area contributed by atoms with Crippen molar-refractivity contribution in [2.45, 2.75) is 44.4 Å². The number of piperidine rings is 1. The lowest BCUT2D eigenvalue weighted by atomic mass is 9.83. The SMILES string of the molecule is COc1ccc2c(c1OC)C(=O)OC2C1c2c(c(CNC(=O)CN3CCCCC3)c3c(c2OC)OCO3)CCN1C. The first-order valence-electron chi connectivity index (χ1n) is 14.1. The number of cyclic esters (lactones) is 1. The predicted molar refractivity (Wildman–Crippen MR) is 148 cm³/mol. The maximum Gasteiger partial charge on any atom is 0.343 e. The van der Waals surface area contributed by atoms with Crippen LogP contribution < -0.4 is 29.0 Å². The number of likely N-dealkylation sites (tertiary alicyclic amines) is 1. The number of likely N-dealkylation sites (N-methyl/N-ethyl adjacent to an activating group) is 1. The second-order valence-electron chi connectivity index (χ2n) is 10.8. The van der Waals surface area contributed by atoms with Crippen LogP contribution in [0.4, 0.5) is 0 Å². The summed E-state index contributed by atoms with van der Waals surface area (Å²) in [7, 11) is 6.65. The number of hydrogen-bond acceptors (Lipinski definition) is 10. The van der Waals surface area contributed by atoms with E-state index in [-0.39, 0.29) is 18.7 Å². The minimum atomic E-state index is -0.628. The molecule has 2 atom stereocenters. The summed E-state index contributed by atoms with van der Waals surface area (Å²) in [5.74, 6) is 1.98. The van der Waals surface area contributed by atoms with Crippen molar-refractivity contribution in [3.63, 3.8) is 0 Å². The molecule has 41 heavy (non-hydrogen) atoms. The highest BCUT2D eigenvalue weighted by atomic mass is 16.7. The van der Waals surface area contributed by atoms with Gasteiger partial charge in [-0.2, -0.15) is 0 Å². The number of rotatable bonds is 8. The van der Waals surface area contributed by atoms with Crippen LogP contribution in [-0.4, -0.2) is 83.0 Å². The monoisotopic (exact) mass is 567 g/mol. The van der Waals surface area contributed by atoms with Gasteiger partial charge in [-0.3, -0.25) is 14.6 Å². The Kier molecular flexibility index (Phi) is 7.56. The highest BCUT2D eigenvalue weighted by Gasteiger charge is 2.47. The molecule has 4 aliphatic rings. The van der Waals surface area contributed by atoms with Gasteiger partial charge in [0.25, 0.3) is 0 Å². The van der Waals surface area contributed by atoms with Gasteiger partial charge in [-0.15, -0.1) is 0 Å². The molecule has 11 nitrogen and oxygen atoms in total. The number of nitrogens with zero attached hydrogens (tertiary/aromatic N) is 2.